The second-order valence-electron chi connectivity index (χ2n) is 7.84. The number of fused-ring (bicyclic) bond motifs is 1. The minimum absolute atomic E-state index is 0.143. The highest BCUT2D eigenvalue weighted by Crippen LogP contribution is 2.30. The number of nitrogens with zero attached hydrogens (tertiary/aromatic N) is 5. The molecule has 1 fully saturated rings. The lowest BCUT2D eigenvalue weighted by Crippen LogP contribution is -2.50. The van der Waals surface area contributed by atoms with Crippen molar-refractivity contribution in [3.8, 4) is 0 Å². The van der Waals surface area contributed by atoms with Gasteiger partial charge in [-0.15, -0.1) is 10.2 Å². The number of aryl methyl sites for hydroxylation is 1. The Bertz CT molecular complexity index is 814. The molecule has 0 unspecified atom stereocenters. The van der Waals surface area contributed by atoms with Crippen molar-refractivity contribution in [1.29, 1.82) is 0 Å². The molecule has 0 aromatic carbocycles. The Morgan fingerprint density at radius 1 is 1.38 bits per heavy atom. The maximum absolute atomic E-state index is 12.4. The molecule has 3 heterocycles. The third kappa shape index (κ3) is 3.72. The molecule has 1 atom stereocenters. The fraction of sp³-hybridized carbons (Fsp3) is 0.611. The number of hydrogen-bond acceptors (Lipinski definition) is 5. The molecule has 2 aromatic rings. The molecule has 0 spiro atoms. The van der Waals surface area contributed by atoms with Gasteiger partial charge in [0.05, 0.1) is 5.52 Å². The van der Waals surface area contributed by atoms with E-state index >= 15 is 0 Å². The highest BCUT2D eigenvalue weighted by atomic mass is 35.5. The molecule has 1 amide bonds. The van der Waals surface area contributed by atoms with Crippen molar-refractivity contribution in [3.05, 3.63) is 17.4 Å². The van der Waals surface area contributed by atoms with E-state index in [1.807, 2.05) is 51.7 Å². The standard InChI is InChI=1S/C18H26ClN5O2/c1-18(2,3)26-17(25)24-9-6-7-12(11-24)23(5)16-14-13(8-10-22(14)4)15(19)20-21-16/h8,10,12H,6-7,9,11H2,1-5H3/t12-/m1/s1. The predicted molar refractivity (Wildman–Crippen MR) is 103 cm³/mol. The molecular formula is C18H26ClN5O2. The number of anilines is 1. The van der Waals surface area contributed by atoms with Crippen LogP contribution in [-0.2, 0) is 11.8 Å². The van der Waals surface area contributed by atoms with Gasteiger partial charge in [0.25, 0.3) is 0 Å². The van der Waals surface area contributed by atoms with Crippen LogP contribution >= 0.6 is 11.6 Å². The molecule has 1 aliphatic heterocycles. The Morgan fingerprint density at radius 2 is 2.12 bits per heavy atom. The average Bonchev–Trinajstić information content (AvgIpc) is 2.96. The van der Waals surface area contributed by atoms with Crippen LogP contribution < -0.4 is 4.90 Å². The van der Waals surface area contributed by atoms with Crippen LogP contribution in [0.1, 0.15) is 33.6 Å². The van der Waals surface area contributed by atoms with E-state index in [0.717, 1.165) is 29.6 Å². The minimum atomic E-state index is -0.493. The molecule has 0 N–H and O–H groups in total. The number of piperidine rings is 1. The number of hydrogen-bond donors (Lipinski definition) is 0. The topological polar surface area (TPSA) is 63.5 Å². The Balaban J connectivity index is 1.82. The molecule has 142 valence electrons. The lowest BCUT2D eigenvalue weighted by atomic mass is 10.0. The van der Waals surface area contributed by atoms with Crippen LogP contribution in [0.15, 0.2) is 12.3 Å². The van der Waals surface area contributed by atoms with E-state index in [2.05, 4.69) is 15.1 Å². The van der Waals surface area contributed by atoms with Crippen LogP contribution in [0.5, 0.6) is 0 Å². The fourth-order valence-electron chi connectivity index (χ4n) is 3.34. The van der Waals surface area contributed by atoms with Gasteiger partial charge in [0.2, 0.25) is 0 Å². The van der Waals surface area contributed by atoms with Gasteiger partial charge in [-0.25, -0.2) is 4.79 Å². The molecule has 1 saturated heterocycles. The molecular weight excluding hydrogens is 354 g/mol. The first-order valence-electron chi connectivity index (χ1n) is 8.85. The lowest BCUT2D eigenvalue weighted by molar-refractivity contribution is 0.0199. The summed E-state index contributed by atoms with van der Waals surface area (Å²) in [6.45, 7) is 6.96. The van der Waals surface area contributed by atoms with Gasteiger partial charge in [-0.05, 0) is 39.7 Å². The molecule has 0 bridgehead atoms. The van der Waals surface area contributed by atoms with Crippen molar-refractivity contribution >= 4 is 34.4 Å². The number of likely N-dealkylation sites (tertiary alicyclic amines) is 1. The molecule has 7 nitrogen and oxygen atoms in total. The number of rotatable bonds is 2. The van der Waals surface area contributed by atoms with Crippen LogP contribution in [-0.4, -0.2) is 57.5 Å². The van der Waals surface area contributed by atoms with Gasteiger partial charge in [0, 0.05) is 44.8 Å². The van der Waals surface area contributed by atoms with Crippen LogP contribution in [0.3, 0.4) is 0 Å². The number of carbonyl (C=O) groups is 1. The molecule has 0 saturated carbocycles. The first-order valence-corrected chi connectivity index (χ1v) is 9.23. The summed E-state index contributed by atoms with van der Waals surface area (Å²) < 4.78 is 7.52. The predicted octanol–water partition coefficient (Wildman–Crippen LogP) is 3.46. The second-order valence-corrected chi connectivity index (χ2v) is 8.19. The highest BCUT2D eigenvalue weighted by molar-refractivity contribution is 6.34. The van der Waals surface area contributed by atoms with Crippen LogP contribution in [0.25, 0.3) is 10.9 Å². The number of amides is 1. The van der Waals surface area contributed by atoms with Crippen molar-refractivity contribution in [2.45, 2.75) is 45.3 Å². The van der Waals surface area contributed by atoms with Crippen LogP contribution in [0.2, 0.25) is 5.15 Å². The van der Waals surface area contributed by atoms with Gasteiger partial charge < -0.3 is 19.1 Å². The van der Waals surface area contributed by atoms with Crippen molar-refractivity contribution in [2.24, 2.45) is 7.05 Å². The van der Waals surface area contributed by atoms with Crippen LogP contribution in [0, 0.1) is 0 Å². The molecule has 1 aliphatic rings. The summed E-state index contributed by atoms with van der Waals surface area (Å²) >= 11 is 6.18. The third-order valence-corrected chi connectivity index (χ3v) is 4.95. The zero-order chi connectivity index (χ0) is 19.1. The molecule has 2 aromatic heterocycles. The Labute approximate surface area is 158 Å². The summed E-state index contributed by atoms with van der Waals surface area (Å²) in [5.41, 5.74) is 0.453. The number of ether oxygens (including phenoxy) is 1. The Morgan fingerprint density at radius 3 is 2.81 bits per heavy atom. The van der Waals surface area contributed by atoms with Crippen LogP contribution in [0.4, 0.5) is 10.6 Å². The quantitative estimate of drug-likeness (QED) is 0.799. The van der Waals surface area contributed by atoms with Gasteiger partial charge in [-0.3, -0.25) is 0 Å². The summed E-state index contributed by atoms with van der Waals surface area (Å²) in [7, 11) is 3.96. The normalized spacial score (nSPS) is 18.2. The van der Waals surface area contributed by atoms with Gasteiger partial charge in [0.15, 0.2) is 11.0 Å². The van der Waals surface area contributed by atoms with Gasteiger partial charge in [-0.2, -0.15) is 0 Å². The lowest BCUT2D eigenvalue weighted by Gasteiger charge is -2.38. The first kappa shape index (κ1) is 18.8. The zero-order valence-corrected chi connectivity index (χ0v) is 16.7. The van der Waals surface area contributed by atoms with E-state index in [1.54, 1.807) is 4.90 Å². The Hall–Kier alpha value is -2.02. The number of halogens is 1. The first-order chi connectivity index (χ1) is 12.2. The molecule has 0 aliphatic carbocycles. The van der Waals surface area contributed by atoms with E-state index in [0.29, 0.717) is 18.2 Å². The van der Waals surface area contributed by atoms with E-state index in [-0.39, 0.29) is 12.1 Å². The van der Waals surface area contributed by atoms with Gasteiger partial charge in [-0.1, -0.05) is 11.6 Å². The summed E-state index contributed by atoms with van der Waals surface area (Å²) in [5, 5.41) is 9.71. The highest BCUT2D eigenvalue weighted by Gasteiger charge is 2.31. The van der Waals surface area contributed by atoms with E-state index in [4.69, 9.17) is 16.3 Å². The second kappa shape index (κ2) is 6.95. The molecule has 3 rings (SSSR count). The summed E-state index contributed by atoms with van der Waals surface area (Å²) in [5.74, 6) is 0.771. The smallest absolute Gasteiger partial charge is 0.410 e. The molecule has 26 heavy (non-hydrogen) atoms. The fourth-order valence-corrected chi connectivity index (χ4v) is 3.53. The van der Waals surface area contributed by atoms with Crippen molar-refractivity contribution in [3.63, 3.8) is 0 Å². The summed E-state index contributed by atoms with van der Waals surface area (Å²) in [6.07, 6.45) is 3.59. The van der Waals surface area contributed by atoms with Gasteiger partial charge in [0.1, 0.15) is 5.60 Å². The zero-order valence-electron chi connectivity index (χ0n) is 16.0. The van der Waals surface area contributed by atoms with E-state index < -0.39 is 5.60 Å². The van der Waals surface area contributed by atoms with E-state index in [1.165, 1.54) is 0 Å². The SMILES string of the molecule is CN(c1nnc(Cl)c2ccn(C)c12)[C@@H]1CCCN(C(=O)OC(C)(C)C)C1. The molecule has 0 radical (unpaired) electrons. The van der Waals surface area contributed by atoms with Gasteiger partial charge >= 0.3 is 6.09 Å². The summed E-state index contributed by atoms with van der Waals surface area (Å²) in [4.78, 5) is 16.3. The maximum atomic E-state index is 12.4. The van der Waals surface area contributed by atoms with Crippen molar-refractivity contribution in [1.82, 2.24) is 19.7 Å². The number of likely N-dealkylation sites (N-methyl/N-ethyl adjacent to an activating group) is 1. The number of aromatic nitrogens is 3. The van der Waals surface area contributed by atoms with Crippen molar-refractivity contribution < 1.29 is 9.53 Å². The maximum Gasteiger partial charge on any atom is 0.410 e. The monoisotopic (exact) mass is 379 g/mol. The minimum Gasteiger partial charge on any atom is -0.444 e. The Kier molecular flexibility index (Phi) is 5.01. The third-order valence-electron chi connectivity index (χ3n) is 4.67. The average molecular weight is 380 g/mol. The van der Waals surface area contributed by atoms with Crippen molar-refractivity contribution in [2.75, 3.05) is 25.0 Å². The largest absolute Gasteiger partial charge is 0.444 e. The molecule has 8 heteroatoms. The number of carbonyl (C=O) groups excluding carboxylic acids is 1. The summed E-state index contributed by atoms with van der Waals surface area (Å²) in [6, 6.07) is 2.09. The van der Waals surface area contributed by atoms with E-state index in [9.17, 15) is 4.79 Å².